The van der Waals surface area contributed by atoms with E-state index in [-0.39, 0.29) is 0 Å². The van der Waals surface area contributed by atoms with Crippen LogP contribution >= 0.6 is 11.6 Å². The van der Waals surface area contributed by atoms with Gasteiger partial charge in [-0.1, -0.05) is 23.3 Å². The summed E-state index contributed by atoms with van der Waals surface area (Å²) >= 11 is 6.17. The Labute approximate surface area is 113 Å². The van der Waals surface area contributed by atoms with Crippen LogP contribution in [0.25, 0.3) is 0 Å². The van der Waals surface area contributed by atoms with Crippen LogP contribution in [0.15, 0.2) is 23.8 Å². The average molecular weight is 268 g/mol. The molecule has 0 amide bonds. The molecule has 0 radical (unpaired) electrons. The Morgan fingerprint density at radius 3 is 2.89 bits per heavy atom. The molecule has 0 saturated heterocycles. The summed E-state index contributed by atoms with van der Waals surface area (Å²) in [4.78, 5) is 0. The van der Waals surface area contributed by atoms with Crippen molar-refractivity contribution in [2.75, 3.05) is 19.8 Å². The van der Waals surface area contributed by atoms with Crippen LogP contribution in [0.1, 0.15) is 19.4 Å². The van der Waals surface area contributed by atoms with Crippen LogP contribution in [-0.2, 0) is 6.54 Å². The highest BCUT2D eigenvalue weighted by atomic mass is 35.5. The van der Waals surface area contributed by atoms with Crippen molar-refractivity contribution in [2.45, 2.75) is 20.4 Å². The van der Waals surface area contributed by atoms with Crippen LogP contribution in [0.2, 0.25) is 5.02 Å². The molecule has 1 aromatic rings. The molecule has 2 rings (SSSR count). The predicted octanol–water partition coefficient (Wildman–Crippen LogP) is 3.17. The Morgan fingerprint density at radius 1 is 1.33 bits per heavy atom. The Hall–Kier alpha value is -1.19. The maximum Gasteiger partial charge on any atom is 0.179 e. The number of fused-ring (bicyclic) bond motifs is 1. The van der Waals surface area contributed by atoms with Gasteiger partial charge in [0.25, 0.3) is 0 Å². The standard InChI is InChI=1S/C14H18ClNO2/c1-10(2)3-4-16-9-11-7-12(15)14-13(8-11)17-5-6-18-14/h3,7-8,16H,4-6,9H2,1-2H3. The van der Waals surface area contributed by atoms with Crippen molar-refractivity contribution < 1.29 is 9.47 Å². The van der Waals surface area contributed by atoms with Crippen molar-refractivity contribution in [3.63, 3.8) is 0 Å². The quantitative estimate of drug-likeness (QED) is 0.671. The first kappa shape index (κ1) is 13.2. The van der Waals surface area contributed by atoms with Crippen molar-refractivity contribution in [1.29, 1.82) is 0 Å². The number of allylic oxidation sites excluding steroid dienone is 1. The Morgan fingerprint density at radius 2 is 2.11 bits per heavy atom. The van der Waals surface area contributed by atoms with Gasteiger partial charge in [0.05, 0.1) is 5.02 Å². The largest absolute Gasteiger partial charge is 0.486 e. The van der Waals surface area contributed by atoms with Crippen LogP contribution in [0.5, 0.6) is 11.5 Å². The zero-order valence-corrected chi connectivity index (χ0v) is 11.5. The summed E-state index contributed by atoms with van der Waals surface area (Å²) < 4.78 is 11.0. The van der Waals surface area contributed by atoms with E-state index in [1.54, 1.807) is 0 Å². The topological polar surface area (TPSA) is 30.5 Å². The highest BCUT2D eigenvalue weighted by Gasteiger charge is 2.16. The molecule has 1 aliphatic rings. The summed E-state index contributed by atoms with van der Waals surface area (Å²) in [6, 6.07) is 3.90. The molecule has 18 heavy (non-hydrogen) atoms. The van der Waals surface area contributed by atoms with Gasteiger partial charge < -0.3 is 14.8 Å². The normalized spacial score (nSPS) is 13.3. The third-order valence-corrected chi connectivity index (χ3v) is 2.92. The minimum absolute atomic E-state index is 0.560. The van der Waals surface area contributed by atoms with Crippen LogP contribution in [0.3, 0.4) is 0 Å². The molecular formula is C14H18ClNO2. The first-order valence-electron chi connectivity index (χ1n) is 6.09. The average Bonchev–Trinajstić information content (AvgIpc) is 2.35. The lowest BCUT2D eigenvalue weighted by atomic mass is 10.2. The van der Waals surface area contributed by atoms with Gasteiger partial charge in [-0.25, -0.2) is 0 Å². The monoisotopic (exact) mass is 267 g/mol. The third-order valence-electron chi connectivity index (χ3n) is 2.64. The lowest BCUT2D eigenvalue weighted by molar-refractivity contribution is 0.171. The molecule has 1 aliphatic heterocycles. The zero-order chi connectivity index (χ0) is 13.0. The minimum Gasteiger partial charge on any atom is -0.486 e. The molecule has 98 valence electrons. The minimum atomic E-state index is 0.560. The van der Waals surface area contributed by atoms with Gasteiger partial charge in [-0.05, 0) is 31.5 Å². The van der Waals surface area contributed by atoms with Gasteiger partial charge in [0.15, 0.2) is 11.5 Å². The zero-order valence-electron chi connectivity index (χ0n) is 10.8. The molecule has 0 bridgehead atoms. The Bertz CT molecular complexity index is 453. The molecule has 0 aliphatic carbocycles. The van der Waals surface area contributed by atoms with E-state index in [1.807, 2.05) is 12.1 Å². The van der Waals surface area contributed by atoms with Gasteiger partial charge in [-0.15, -0.1) is 0 Å². The molecule has 0 fully saturated rings. The molecule has 1 heterocycles. The summed E-state index contributed by atoms with van der Waals surface area (Å²) in [6.45, 7) is 6.93. The Balaban J connectivity index is 2.01. The van der Waals surface area contributed by atoms with Crippen molar-refractivity contribution in [1.82, 2.24) is 5.32 Å². The number of benzene rings is 1. The summed E-state index contributed by atoms with van der Waals surface area (Å²) in [5, 5.41) is 3.95. The summed E-state index contributed by atoms with van der Waals surface area (Å²) in [7, 11) is 0. The van der Waals surface area contributed by atoms with Gasteiger partial charge in [-0.3, -0.25) is 0 Å². The second kappa shape index (κ2) is 6.12. The number of hydrogen-bond acceptors (Lipinski definition) is 3. The predicted molar refractivity (Wildman–Crippen MR) is 73.6 cm³/mol. The van der Waals surface area contributed by atoms with E-state index in [9.17, 15) is 0 Å². The lowest BCUT2D eigenvalue weighted by Gasteiger charge is -2.20. The fraction of sp³-hybridized carbons (Fsp3) is 0.429. The number of ether oxygens (including phenoxy) is 2. The second-order valence-electron chi connectivity index (χ2n) is 4.51. The smallest absolute Gasteiger partial charge is 0.179 e. The first-order valence-corrected chi connectivity index (χ1v) is 6.46. The third kappa shape index (κ3) is 3.40. The van der Waals surface area contributed by atoms with Crippen LogP contribution in [0, 0.1) is 0 Å². The molecular weight excluding hydrogens is 250 g/mol. The van der Waals surface area contributed by atoms with Crippen molar-refractivity contribution in [2.24, 2.45) is 0 Å². The van der Waals surface area contributed by atoms with Crippen molar-refractivity contribution in [3.05, 3.63) is 34.4 Å². The van der Waals surface area contributed by atoms with E-state index in [0.717, 1.165) is 24.4 Å². The molecule has 4 heteroatoms. The number of hydrogen-bond donors (Lipinski definition) is 1. The lowest BCUT2D eigenvalue weighted by Crippen LogP contribution is -2.17. The van der Waals surface area contributed by atoms with E-state index in [1.165, 1.54) is 5.57 Å². The number of nitrogens with one attached hydrogen (secondary N) is 1. The van der Waals surface area contributed by atoms with Gasteiger partial charge in [-0.2, -0.15) is 0 Å². The van der Waals surface area contributed by atoms with Gasteiger partial charge in [0, 0.05) is 13.1 Å². The first-order chi connectivity index (χ1) is 8.66. The molecule has 3 nitrogen and oxygen atoms in total. The molecule has 0 spiro atoms. The van der Waals surface area contributed by atoms with E-state index in [2.05, 4.69) is 25.2 Å². The summed E-state index contributed by atoms with van der Waals surface area (Å²) in [6.07, 6.45) is 2.15. The van der Waals surface area contributed by atoms with Crippen molar-refractivity contribution in [3.8, 4) is 11.5 Å². The molecule has 0 unspecified atom stereocenters. The van der Waals surface area contributed by atoms with E-state index < -0.39 is 0 Å². The maximum atomic E-state index is 6.17. The molecule has 0 atom stereocenters. The van der Waals surface area contributed by atoms with Gasteiger partial charge in [0.1, 0.15) is 13.2 Å². The molecule has 1 aromatic carbocycles. The number of rotatable bonds is 4. The van der Waals surface area contributed by atoms with Gasteiger partial charge in [0.2, 0.25) is 0 Å². The van der Waals surface area contributed by atoms with Crippen molar-refractivity contribution >= 4 is 11.6 Å². The fourth-order valence-electron chi connectivity index (χ4n) is 1.76. The van der Waals surface area contributed by atoms with E-state index >= 15 is 0 Å². The number of halogens is 1. The molecule has 0 saturated carbocycles. The maximum absolute atomic E-state index is 6.17. The van der Waals surface area contributed by atoms with Crippen LogP contribution in [-0.4, -0.2) is 19.8 Å². The molecule has 0 aromatic heterocycles. The van der Waals surface area contributed by atoms with Crippen LogP contribution < -0.4 is 14.8 Å². The highest BCUT2D eigenvalue weighted by Crippen LogP contribution is 2.38. The van der Waals surface area contributed by atoms with E-state index in [4.69, 9.17) is 21.1 Å². The summed E-state index contributed by atoms with van der Waals surface area (Å²) in [5.74, 6) is 1.41. The highest BCUT2D eigenvalue weighted by molar-refractivity contribution is 6.32. The SMILES string of the molecule is CC(C)=CCNCc1cc(Cl)c2c(c1)OCCO2. The Kier molecular flexibility index (Phi) is 4.50. The fourth-order valence-corrected chi connectivity index (χ4v) is 2.05. The second-order valence-corrected chi connectivity index (χ2v) is 4.92. The van der Waals surface area contributed by atoms with E-state index in [0.29, 0.717) is 24.0 Å². The summed E-state index contributed by atoms with van der Waals surface area (Å²) in [5.41, 5.74) is 2.41. The molecule has 1 N–H and O–H groups in total. The van der Waals surface area contributed by atoms with Gasteiger partial charge >= 0.3 is 0 Å². The van der Waals surface area contributed by atoms with Crippen LogP contribution in [0.4, 0.5) is 0 Å².